The van der Waals surface area contributed by atoms with Gasteiger partial charge in [0.15, 0.2) is 0 Å². The van der Waals surface area contributed by atoms with E-state index in [1.807, 2.05) is 13.0 Å². The first-order valence-electron chi connectivity index (χ1n) is 15.8. The molecule has 0 aromatic heterocycles. The number of rotatable bonds is 16. The molecule has 4 rings (SSSR count). The molecule has 4 aromatic carbocycles. The van der Waals surface area contributed by atoms with Gasteiger partial charge in [-0.1, -0.05) is 97.1 Å². The molecule has 0 aliphatic carbocycles. The lowest BCUT2D eigenvalue weighted by Crippen LogP contribution is -2.24. The van der Waals surface area contributed by atoms with Crippen molar-refractivity contribution in [2.75, 3.05) is 19.8 Å². The fourth-order valence-corrected chi connectivity index (χ4v) is 5.01. The largest absolute Gasteiger partial charge is 0.508 e. The van der Waals surface area contributed by atoms with Crippen LogP contribution in [0.15, 0.2) is 103 Å². The molecule has 4 aromatic rings. The summed E-state index contributed by atoms with van der Waals surface area (Å²) in [6, 6.07) is 35.9. The smallest absolute Gasteiger partial charge is 0.119 e. The van der Waals surface area contributed by atoms with Crippen molar-refractivity contribution in [1.82, 2.24) is 0 Å². The number of ether oxygens (including phenoxy) is 2. The van der Waals surface area contributed by atoms with Crippen LogP contribution in [0.25, 0.3) is 0 Å². The van der Waals surface area contributed by atoms with Crippen molar-refractivity contribution in [1.29, 1.82) is 0 Å². The molecule has 5 nitrogen and oxygen atoms in total. The molecule has 0 heterocycles. The lowest BCUT2D eigenvalue weighted by atomic mass is 9.88. The molecular formula is C39H50O5. The Bertz CT molecular complexity index is 1310. The highest BCUT2D eigenvalue weighted by Gasteiger charge is 2.14. The van der Waals surface area contributed by atoms with Gasteiger partial charge in [0.2, 0.25) is 0 Å². The van der Waals surface area contributed by atoms with Crippen LogP contribution in [0.5, 0.6) is 5.75 Å². The molecule has 0 aliphatic rings. The quantitative estimate of drug-likeness (QED) is 0.131. The highest BCUT2D eigenvalue weighted by Crippen LogP contribution is 2.29. The minimum atomic E-state index is -0.447. The average Bonchev–Trinajstić information content (AvgIpc) is 3.06. The van der Waals surface area contributed by atoms with Gasteiger partial charge < -0.3 is 24.8 Å². The van der Waals surface area contributed by atoms with Crippen molar-refractivity contribution >= 4 is 0 Å². The predicted octanol–water partition coefficient (Wildman–Crippen LogP) is 6.92. The minimum absolute atomic E-state index is 0.0170. The van der Waals surface area contributed by atoms with Gasteiger partial charge in [0.1, 0.15) is 5.75 Å². The summed E-state index contributed by atoms with van der Waals surface area (Å²) in [6.07, 6.45) is 5.09. The highest BCUT2D eigenvalue weighted by atomic mass is 16.5. The van der Waals surface area contributed by atoms with Crippen LogP contribution in [0, 0.1) is 0 Å². The molecule has 3 unspecified atom stereocenters. The minimum Gasteiger partial charge on any atom is -0.508 e. The van der Waals surface area contributed by atoms with E-state index in [0.717, 1.165) is 44.1 Å². The monoisotopic (exact) mass is 598 g/mol. The maximum absolute atomic E-state index is 10.8. The van der Waals surface area contributed by atoms with E-state index >= 15 is 0 Å². The van der Waals surface area contributed by atoms with Crippen LogP contribution in [0.4, 0.5) is 0 Å². The van der Waals surface area contributed by atoms with Gasteiger partial charge in [-0.3, -0.25) is 0 Å². The van der Waals surface area contributed by atoms with Crippen molar-refractivity contribution in [3.63, 3.8) is 0 Å². The molecule has 0 saturated heterocycles. The van der Waals surface area contributed by atoms with Crippen LogP contribution in [0.2, 0.25) is 0 Å². The Kier molecular flexibility index (Phi) is 15.7. The van der Waals surface area contributed by atoms with Crippen molar-refractivity contribution in [3.05, 3.63) is 137 Å². The zero-order chi connectivity index (χ0) is 31.6. The number of aliphatic hydroxyl groups is 2. The van der Waals surface area contributed by atoms with E-state index in [4.69, 9.17) is 19.7 Å². The summed E-state index contributed by atoms with van der Waals surface area (Å²) in [7, 11) is 0. The van der Waals surface area contributed by atoms with Gasteiger partial charge >= 0.3 is 0 Å². The van der Waals surface area contributed by atoms with Crippen LogP contribution in [-0.4, -0.2) is 53.5 Å². The second-order valence-corrected chi connectivity index (χ2v) is 11.5. The molecule has 3 N–H and O–H groups in total. The Morgan fingerprint density at radius 3 is 1.45 bits per heavy atom. The number of aromatic hydroxyl groups is 1. The predicted molar refractivity (Wildman–Crippen MR) is 179 cm³/mol. The second kappa shape index (κ2) is 19.7. The Labute approximate surface area is 264 Å². The molecule has 44 heavy (non-hydrogen) atoms. The lowest BCUT2D eigenvalue weighted by Gasteiger charge is -2.17. The van der Waals surface area contributed by atoms with Crippen LogP contribution >= 0.6 is 0 Å². The second-order valence-electron chi connectivity index (χ2n) is 11.5. The third kappa shape index (κ3) is 13.0. The van der Waals surface area contributed by atoms with E-state index in [1.165, 1.54) is 27.8 Å². The summed E-state index contributed by atoms with van der Waals surface area (Å²) >= 11 is 0. The first kappa shape index (κ1) is 35.0. The van der Waals surface area contributed by atoms with Crippen LogP contribution < -0.4 is 0 Å². The first-order chi connectivity index (χ1) is 21.4. The lowest BCUT2D eigenvalue weighted by molar-refractivity contribution is -0.0620. The molecule has 0 saturated carbocycles. The molecule has 3 atom stereocenters. The van der Waals surface area contributed by atoms with Crippen LogP contribution in [0.1, 0.15) is 54.2 Å². The number of hydrogen-bond donors (Lipinski definition) is 3. The average molecular weight is 599 g/mol. The highest BCUT2D eigenvalue weighted by molar-refractivity contribution is 5.46. The fourth-order valence-electron chi connectivity index (χ4n) is 5.01. The number of aliphatic hydroxyl groups excluding tert-OH is 2. The van der Waals surface area contributed by atoms with E-state index in [0.29, 0.717) is 19.0 Å². The molecule has 5 heteroatoms. The molecule has 0 radical (unpaired) electrons. The van der Waals surface area contributed by atoms with Crippen molar-refractivity contribution < 1.29 is 24.8 Å². The van der Waals surface area contributed by atoms with E-state index in [2.05, 4.69) is 97.1 Å². The van der Waals surface area contributed by atoms with Crippen molar-refractivity contribution in [2.45, 2.75) is 77.6 Å². The maximum Gasteiger partial charge on any atom is 0.119 e. The number of benzene rings is 4. The Morgan fingerprint density at radius 1 is 0.523 bits per heavy atom. The fraction of sp³-hybridized carbons (Fsp3) is 0.385. The zero-order valence-corrected chi connectivity index (χ0v) is 26.6. The molecule has 0 amide bonds. The van der Waals surface area contributed by atoms with Crippen LogP contribution in [-0.2, 0) is 48.0 Å². The summed E-state index contributed by atoms with van der Waals surface area (Å²) in [4.78, 5) is 0. The van der Waals surface area contributed by atoms with Gasteiger partial charge in [-0.15, -0.1) is 0 Å². The Balaban J connectivity index is 0.000000345. The first-order valence-corrected chi connectivity index (χ1v) is 15.8. The van der Waals surface area contributed by atoms with Gasteiger partial charge in [0, 0.05) is 0 Å². The zero-order valence-electron chi connectivity index (χ0n) is 26.6. The molecule has 0 fully saturated rings. The number of hydrogen-bond acceptors (Lipinski definition) is 5. The van der Waals surface area contributed by atoms with Gasteiger partial charge in [-0.25, -0.2) is 0 Å². The van der Waals surface area contributed by atoms with E-state index in [9.17, 15) is 5.11 Å². The summed E-state index contributed by atoms with van der Waals surface area (Å²) in [5, 5.41) is 28.4. The summed E-state index contributed by atoms with van der Waals surface area (Å²) in [5.74, 6) is 0.433. The van der Waals surface area contributed by atoms with E-state index in [-0.39, 0.29) is 18.8 Å². The number of phenolic OH excluding ortho intramolecular Hbond substituents is 1. The summed E-state index contributed by atoms with van der Waals surface area (Å²) < 4.78 is 10.5. The topological polar surface area (TPSA) is 79.2 Å². The molecule has 0 spiro atoms. The van der Waals surface area contributed by atoms with Gasteiger partial charge in [0.25, 0.3) is 0 Å². The van der Waals surface area contributed by atoms with Gasteiger partial charge in [0.05, 0.1) is 38.1 Å². The van der Waals surface area contributed by atoms with E-state index in [1.54, 1.807) is 13.8 Å². The molecule has 0 bridgehead atoms. The SMILES string of the molecule is CC(O)COC(C)COC(C)CO.Oc1ccc(CCc2ccccc2)c(CCc2ccccc2)c1CCc1ccccc1. The van der Waals surface area contributed by atoms with E-state index < -0.39 is 6.10 Å². The summed E-state index contributed by atoms with van der Waals surface area (Å²) in [5.41, 5.74) is 7.82. The molecule has 236 valence electrons. The Morgan fingerprint density at radius 2 is 0.977 bits per heavy atom. The third-order valence-corrected chi connectivity index (χ3v) is 7.54. The van der Waals surface area contributed by atoms with Crippen molar-refractivity contribution in [3.8, 4) is 5.75 Å². The number of aryl methyl sites for hydroxylation is 4. The van der Waals surface area contributed by atoms with Gasteiger partial charge in [-0.05, 0) is 98.7 Å². The summed E-state index contributed by atoms with van der Waals surface area (Å²) in [6.45, 7) is 6.10. The van der Waals surface area contributed by atoms with Crippen molar-refractivity contribution in [2.24, 2.45) is 0 Å². The molecule has 0 aliphatic heterocycles. The third-order valence-electron chi connectivity index (χ3n) is 7.54. The number of phenols is 1. The molecular weight excluding hydrogens is 548 g/mol. The maximum atomic E-state index is 10.8. The van der Waals surface area contributed by atoms with Gasteiger partial charge in [-0.2, -0.15) is 0 Å². The van der Waals surface area contributed by atoms with Crippen LogP contribution in [0.3, 0.4) is 0 Å². The standard InChI is InChI=1S/C30H30O.C9H20O4/c31-30-23-20-27(19-16-24-10-4-1-5-11-24)28(21-17-25-12-6-2-7-13-25)29(30)22-18-26-14-8-3-9-15-26;1-7(11)5-12-9(3)6-13-8(2)4-10/h1-15,20,23,31H,16-19,21-22H2;7-11H,4-6H2,1-3H3. The normalized spacial score (nSPS) is 13.0. The Hall–Kier alpha value is -3.48.